The van der Waals surface area contributed by atoms with E-state index in [1.54, 1.807) is 4.90 Å². The van der Waals surface area contributed by atoms with E-state index in [1.165, 1.54) is 0 Å². The number of carbonyl (C=O) groups excluding carboxylic acids is 1. The zero-order chi connectivity index (χ0) is 21.3. The van der Waals surface area contributed by atoms with Gasteiger partial charge in [-0.2, -0.15) is 5.10 Å². The largest absolute Gasteiger partial charge is 0.444 e. The van der Waals surface area contributed by atoms with Crippen LogP contribution in [0.4, 0.5) is 4.79 Å². The second kappa shape index (κ2) is 8.39. The molecule has 1 aromatic rings. The Morgan fingerprint density at radius 3 is 2.57 bits per heavy atom. The van der Waals surface area contributed by atoms with Crippen molar-refractivity contribution in [1.29, 1.82) is 0 Å². The van der Waals surface area contributed by atoms with Crippen LogP contribution in [0.25, 0.3) is 0 Å². The maximum atomic E-state index is 12.8. The van der Waals surface area contributed by atoms with Crippen molar-refractivity contribution in [3.63, 3.8) is 0 Å². The number of aryl methyl sites for hydroxylation is 1. The number of rotatable bonds is 6. The first kappa shape index (κ1) is 22.6. The summed E-state index contributed by atoms with van der Waals surface area (Å²) in [6.07, 6.45) is -0.480. The summed E-state index contributed by atoms with van der Waals surface area (Å²) in [5.41, 5.74) is 1.80. The van der Waals surface area contributed by atoms with Gasteiger partial charge in [-0.3, -0.25) is 9.58 Å². The summed E-state index contributed by atoms with van der Waals surface area (Å²) in [7, 11) is 0. The molecule has 1 aliphatic rings. The highest BCUT2D eigenvalue weighted by molar-refractivity contribution is 5.70. The van der Waals surface area contributed by atoms with Crippen LogP contribution in [-0.2, 0) is 22.6 Å². The van der Waals surface area contributed by atoms with Crippen molar-refractivity contribution in [3.05, 3.63) is 17.0 Å². The molecule has 1 amide bonds. The minimum absolute atomic E-state index is 0.0612. The fourth-order valence-electron chi connectivity index (χ4n) is 3.77. The van der Waals surface area contributed by atoms with Crippen molar-refractivity contribution < 1.29 is 19.4 Å². The van der Waals surface area contributed by atoms with Crippen molar-refractivity contribution in [2.45, 2.75) is 92.0 Å². The van der Waals surface area contributed by atoms with Gasteiger partial charge in [0.15, 0.2) is 0 Å². The van der Waals surface area contributed by atoms with Crippen LogP contribution in [0, 0.1) is 13.8 Å². The minimum Gasteiger partial charge on any atom is -0.444 e. The van der Waals surface area contributed by atoms with Crippen molar-refractivity contribution in [2.24, 2.45) is 0 Å². The van der Waals surface area contributed by atoms with E-state index in [-0.39, 0.29) is 24.8 Å². The summed E-state index contributed by atoms with van der Waals surface area (Å²) >= 11 is 0. The molecular weight excluding hydrogens is 360 g/mol. The summed E-state index contributed by atoms with van der Waals surface area (Å²) in [6.45, 7) is 17.1. The fraction of sp³-hybridized carbons (Fsp3) is 0.800. The molecule has 1 aromatic heterocycles. The molecule has 28 heavy (non-hydrogen) atoms. The molecule has 2 rings (SSSR count). The molecule has 1 aliphatic heterocycles. The molecule has 0 spiro atoms. The molecule has 0 radical (unpaired) electrons. The summed E-state index contributed by atoms with van der Waals surface area (Å²) in [5, 5.41) is 17.1. The van der Waals surface area contributed by atoms with E-state index in [0.29, 0.717) is 19.6 Å². The normalized spacial score (nSPS) is 22.0. The van der Waals surface area contributed by atoms with E-state index < -0.39 is 11.3 Å². The lowest BCUT2D eigenvalue weighted by atomic mass is 10.1. The van der Waals surface area contributed by atoms with Crippen LogP contribution in [0.15, 0.2) is 0 Å². The SMILES string of the molecule is Cc1nn(CCO)c(C)c1CNC[C@H]1[C@H](C)OC(C)(C)N1C(=O)OC(C)(C)C. The number of aliphatic hydroxyl groups is 1. The van der Waals surface area contributed by atoms with Crippen LogP contribution >= 0.6 is 0 Å². The predicted octanol–water partition coefficient (Wildman–Crippen LogP) is 2.34. The van der Waals surface area contributed by atoms with E-state index in [1.807, 2.05) is 60.1 Å². The Morgan fingerprint density at radius 2 is 2.00 bits per heavy atom. The van der Waals surface area contributed by atoms with Crippen LogP contribution < -0.4 is 5.32 Å². The lowest BCUT2D eigenvalue weighted by Crippen LogP contribution is -2.53. The van der Waals surface area contributed by atoms with Gasteiger partial charge in [0.2, 0.25) is 0 Å². The van der Waals surface area contributed by atoms with Gasteiger partial charge in [-0.25, -0.2) is 4.79 Å². The summed E-state index contributed by atoms with van der Waals surface area (Å²) < 4.78 is 13.5. The zero-order valence-corrected chi connectivity index (χ0v) is 18.5. The van der Waals surface area contributed by atoms with Gasteiger partial charge in [-0.15, -0.1) is 0 Å². The van der Waals surface area contributed by atoms with Crippen LogP contribution in [0.3, 0.4) is 0 Å². The Morgan fingerprint density at radius 1 is 1.36 bits per heavy atom. The molecule has 0 saturated carbocycles. The Balaban J connectivity index is 2.08. The van der Waals surface area contributed by atoms with Crippen molar-refractivity contribution >= 4 is 6.09 Å². The van der Waals surface area contributed by atoms with Gasteiger partial charge in [-0.05, 0) is 55.4 Å². The number of nitrogens with one attached hydrogen (secondary N) is 1. The number of hydrogen-bond acceptors (Lipinski definition) is 6. The van der Waals surface area contributed by atoms with Crippen LogP contribution in [-0.4, -0.2) is 62.5 Å². The molecule has 0 bridgehead atoms. The summed E-state index contributed by atoms with van der Waals surface area (Å²) in [4.78, 5) is 14.5. The minimum atomic E-state index is -0.730. The Bertz CT molecular complexity index is 693. The first-order chi connectivity index (χ1) is 12.9. The van der Waals surface area contributed by atoms with Crippen LogP contribution in [0.1, 0.15) is 58.5 Å². The second-order valence-corrected chi connectivity index (χ2v) is 8.91. The Labute approximate surface area is 168 Å². The van der Waals surface area contributed by atoms with Gasteiger partial charge in [0.1, 0.15) is 11.3 Å². The number of hydrogen-bond donors (Lipinski definition) is 2. The van der Waals surface area contributed by atoms with E-state index in [4.69, 9.17) is 14.6 Å². The quantitative estimate of drug-likeness (QED) is 0.767. The molecule has 2 heterocycles. The van der Waals surface area contributed by atoms with Crippen molar-refractivity contribution in [1.82, 2.24) is 20.0 Å². The third-order valence-electron chi connectivity index (χ3n) is 5.02. The molecule has 0 aliphatic carbocycles. The molecular formula is C20H36N4O4. The first-order valence-corrected chi connectivity index (χ1v) is 9.92. The smallest absolute Gasteiger partial charge is 0.412 e. The number of aromatic nitrogens is 2. The molecule has 1 fully saturated rings. The number of amides is 1. The standard InChI is InChI=1S/C20H36N4O4/c1-13-16(14(2)23(22-13)9-10-25)11-21-12-17-15(3)27-20(7,8)24(17)18(26)28-19(4,5)6/h15,17,21,25H,9-12H2,1-8H3/t15-,17-/m0/s1. The second-order valence-electron chi connectivity index (χ2n) is 8.91. The topological polar surface area (TPSA) is 88.9 Å². The van der Waals surface area contributed by atoms with Gasteiger partial charge >= 0.3 is 6.09 Å². The lowest BCUT2D eigenvalue weighted by Gasteiger charge is -2.35. The molecule has 1 saturated heterocycles. The van der Waals surface area contributed by atoms with E-state index in [9.17, 15) is 4.79 Å². The van der Waals surface area contributed by atoms with Gasteiger partial charge in [0.05, 0.1) is 31.0 Å². The maximum Gasteiger partial charge on any atom is 0.412 e. The van der Waals surface area contributed by atoms with E-state index >= 15 is 0 Å². The molecule has 160 valence electrons. The van der Waals surface area contributed by atoms with Crippen molar-refractivity contribution in [2.75, 3.05) is 13.2 Å². The number of aliphatic hydroxyl groups excluding tert-OH is 1. The van der Waals surface area contributed by atoms with Gasteiger partial charge in [0.25, 0.3) is 0 Å². The molecule has 8 heteroatoms. The molecule has 2 N–H and O–H groups in total. The average molecular weight is 397 g/mol. The molecule has 8 nitrogen and oxygen atoms in total. The third-order valence-corrected chi connectivity index (χ3v) is 5.02. The molecule has 0 aromatic carbocycles. The number of nitrogens with zero attached hydrogens (tertiary/aromatic N) is 3. The Hall–Kier alpha value is -1.64. The van der Waals surface area contributed by atoms with Crippen molar-refractivity contribution in [3.8, 4) is 0 Å². The summed E-state index contributed by atoms with van der Waals surface area (Å²) in [6, 6.07) is -0.141. The molecule has 2 atom stereocenters. The van der Waals surface area contributed by atoms with Crippen LogP contribution in [0.2, 0.25) is 0 Å². The average Bonchev–Trinajstić information content (AvgIpc) is 2.92. The maximum absolute atomic E-state index is 12.8. The Kier molecular flexibility index (Phi) is 6.78. The highest BCUT2D eigenvalue weighted by Gasteiger charge is 2.49. The number of carbonyl (C=O) groups is 1. The first-order valence-electron chi connectivity index (χ1n) is 9.92. The summed E-state index contributed by atoms with van der Waals surface area (Å²) in [5.74, 6) is 0. The monoisotopic (exact) mass is 396 g/mol. The highest BCUT2D eigenvalue weighted by atomic mass is 16.6. The van der Waals surface area contributed by atoms with Gasteiger partial charge < -0.3 is 19.9 Å². The predicted molar refractivity (Wildman–Crippen MR) is 107 cm³/mol. The zero-order valence-electron chi connectivity index (χ0n) is 18.5. The van der Waals surface area contributed by atoms with Gasteiger partial charge in [0, 0.05) is 24.3 Å². The molecule has 0 unspecified atom stereocenters. The third kappa shape index (κ3) is 5.04. The van der Waals surface area contributed by atoms with E-state index in [0.717, 1.165) is 17.0 Å². The van der Waals surface area contributed by atoms with Crippen LogP contribution in [0.5, 0.6) is 0 Å². The lowest BCUT2D eigenvalue weighted by molar-refractivity contribution is -0.0756. The fourth-order valence-corrected chi connectivity index (χ4v) is 3.77. The highest BCUT2D eigenvalue weighted by Crippen LogP contribution is 2.33. The van der Waals surface area contributed by atoms with E-state index in [2.05, 4.69) is 10.4 Å². The van der Waals surface area contributed by atoms with Gasteiger partial charge in [-0.1, -0.05) is 0 Å². The number of ether oxygens (including phenoxy) is 2.